The van der Waals surface area contributed by atoms with Crippen LogP contribution in [0.15, 0.2) is 18.2 Å². The number of anilines is 1. The van der Waals surface area contributed by atoms with Gasteiger partial charge in [0, 0.05) is 13.7 Å². The number of benzene rings is 1. The lowest BCUT2D eigenvalue weighted by Crippen LogP contribution is -2.07. The minimum atomic E-state index is 0.0120. The third-order valence-electron chi connectivity index (χ3n) is 1.84. The maximum absolute atomic E-state index is 8.87. The van der Waals surface area contributed by atoms with Crippen molar-refractivity contribution < 1.29 is 9.84 Å². The molecule has 1 rings (SSSR count). The van der Waals surface area contributed by atoms with E-state index in [1.807, 2.05) is 12.1 Å². The summed E-state index contributed by atoms with van der Waals surface area (Å²) in [5.74, 6) is 0. The van der Waals surface area contributed by atoms with Crippen LogP contribution in [0.25, 0.3) is 0 Å². The van der Waals surface area contributed by atoms with Gasteiger partial charge >= 0.3 is 0 Å². The lowest BCUT2D eigenvalue weighted by Gasteiger charge is -2.08. The highest BCUT2D eigenvalue weighted by atomic mass is 35.5. The quantitative estimate of drug-likeness (QED) is 0.738. The van der Waals surface area contributed by atoms with E-state index in [0.717, 1.165) is 11.3 Å². The van der Waals surface area contributed by atoms with Gasteiger partial charge in [0.05, 0.1) is 23.9 Å². The molecule has 0 saturated heterocycles. The summed E-state index contributed by atoms with van der Waals surface area (Å²) >= 11 is 5.97. The van der Waals surface area contributed by atoms with Crippen molar-refractivity contribution in [1.82, 2.24) is 0 Å². The Hall–Kier alpha value is -0.770. The van der Waals surface area contributed by atoms with Crippen molar-refractivity contribution in [3.63, 3.8) is 0 Å². The summed E-state index contributed by atoms with van der Waals surface area (Å²) in [7, 11) is 1.65. The third kappa shape index (κ3) is 3.18. The molecular weight excluding hydrogens is 202 g/mol. The number of hydrogen-bond acceptors (Lipinski definition) is 3. The largest absolute Gasteiger partial charge is 0.392 e. The Kier molecular flexibility index (Phi) is 4.73. The van der Waals surface area contributed by atoms with E-state index in [-0.39, 0.29) is 6.61 Å². The van der Waals surface area contributed by atoms with Crippen LogP contribution in [0.1, 0.15) is 5.56 Å². The maximum atomic E-state index is 8.87. The summed E-state index contributed by atoms with van der Waals surface area (Å²) < 4.78 is 4.90. The number of methoxy groups -OCH3 is 1. The molecule has 0 radical (unpaired) electrons. The first kappa shape index (κ1) is 11.3. The Morgan fingerprint density at radius 3 is 2.86 bits per heavy atom. The normalized spacial score (nSPS) is 10.2. The molecule has 0 aliphatic rings. The van der Waals surface area contributed by atoms with E-state index in [4.69, 9.17) is 21.4 Å². The summed E-state index contributed by atoms with van der Waals surface area (Å²) in [5, 5.41) is 12.6. The van der Waals surface area contributed by atoms with E-state index in [9.17, 15) is 0 Å². The first-order valence-corrected chi connectivity index (χ1v) is 4.78. The van der Waals surface area contributed by atoms with E-state index in [1.165, 1.54) is 0 Å². The molecule has 2 N–H and O–H groups in total. The molecule has 14 heavy (non-hydrogen) atoms. The zero-order valence-corrected chi connectivity index (χ0v) is 8.84. The number of rotatable bonds is 5. The number of ether oxygens (including phenoxy) is 1. The van der Waals surface area contributed by atoms with Gasteiger partial charge in [-0.05, 0) is 17.7 Å². The van der Waals surface area contributed by atoms with Crippen LogP contribution < -0.4 is 5.32 Å². The van der Waals surface area contributed by atoms with Gasteiger partial charge in [-0.2, -0.15) is 0 Å². The van der Waals surface area contributed by atoms with Crippen molar-refractivity contribution in [2.24, 2.45) is 0 Å². The molecule has 0 unspecified atom stereocenters. The third-order valence-corrected chi connectivity index (χ3v) is 2.15. The number of aliphatic hydroxyl groups is 1. The first-order valence-electron chi connectivity index (χ1n) is 4.40. The Bertz CT molecular complexity index is 291. The second kappa shape index (κ2) is 5.86. The van der Waals surface area contributed by atoms with E-state index >= 15 is 0 Å². The molecule has 0 atom stereocenters. The summed E-state index contributed by atoms with van der Waals surface area (Å²) in [5.41, 5.74) is 1.67. The van der Waals surface area contributed by atoms with E-state index in [1.54, 1.807) is 13.2 Å². The SMILES string of the molecule is COCCNc1ccc(CO)cc1Cl. The average Bonchev–Trinajstić information content (AvgIpc) is 2.20. The smallest absolute Gasteiger partial charge is 0.0682 e. The number of aliphatic hydroxyl groups excluding tert-OH is 1. The number of hydrogen-bond donors (Lipinski definition) is 2. The van der Waals surface area contributed by atoms with Crippen LogP contribution in [0.4, 0.5) is 5.69 Å². The van der Waals surface area contributed by atoms with Crippen molar-refractivity contribution in [3.8, 4) is 0 Å². The second-order valence-electron chi connectivity index (χ2n) is 2.89. The highest BCUT2D eigenvalue weighted by molar-refractivity contribution is 6.33. The molecule has 0 aromatic heterocycles. The van der Waals surface area contributed by atoms with E-state index in [0.29, 0.717) is 18.2 Å². The van der Waals surface area contributed by atoms with Crippen LogP contribution >= 0.6 is 11.6 Å². The van der Waals surface area contributed by atoms with Crippen LogP contribution in [-0.2, 0) is 11.3 Å². The number of nitrogens with one attached hydrogen (secondary N) is 1. The van der Waals surface area contributed by atoms with Crippen LogP contribution in [0.2, 0.25) is 5.02 Å². The molecule has 0 aliphatic heterocycles. The predicted octanol–water partition coefficient (Wildman–Crippen LogP) is 1.89. The summed E-state index contributed by atoms with van der Waals surface area (Å²) in [6.45, 7) is 1.37. The minimum Gasteiger partial charge on any atom is -0.392 e. The molecule has 4 heteroatoms. The summed E-state index contributed by atoms with van der Waals surface area (Å²) in [6.07, 6.45) is 0. The average molecular weight is 216 g/mol. The fourth-order valence-electron chi connectivity index (χ4n) is 1.09. The molecule has 0 fully saturated rings. The molecular formula is C10H14ClNO2. The van der Waals surface area contributed by atoms with E-state index < -0.39 is 0 Å². The monoisotopic (exact) mass is 215 g/mol. The number of halogens is 1. The van der Waals surface area contributed by atoms with Gasteiger partial charge in [-0.25, -0.2) is 0 Å². The van der Waals surface area contributed by atoms with Gasteiger partial charge in [0.25, 0.3) is 0 Å². The molecule has 0 spiro atoms. The molecule has 0 bridgehead atoms. The van der Waals surface area contributed by atoms with Gasteiger partial charge < -0.3 is 15.2 Å². The van der Waals surface area contributed by atoms with Crippen LogP contribution in [0.3, 0.4) is 0 Å². The van der Waals surface area contributed by atoms with Gasteiger partial charge in [-0.3, -0.25) is 0 Å². The lowest BCUT2D eigenvalue weighted by molar-refractivity contribution is 0.211. The van der Waals surface area contributed by atoms with Crippen LogP contribution in [0.5, 0.6) is 0 Å². The molecule has 0 saturated carbocycles. The molecule has 1 aromatic carbocycles. The zero-order valence-electron chi connectivity index (χ0n) is 8.09. The van der Waals surface area contributed by atoms with Gasteiger partial charge in [-0.15, -0.1) is 0 Å². The van der Waals surface area contributed by atoms with Gasteiger partial charge in [0.2, 0.25) is 0 Å². The highest BCUT2D eigenvalue weighted by Crippen LogP contribution is 2.22. The predicted molar refractivity (Wildman–Crippen MR) is 57.7 cm³/mol. The van der Waals surface area contributed by atoms with Crippen LogP contribution in [-0.4, -0.2) is 25.4 Å². The Morgan fingerprint density at radius 2 is 2.29 bits per heavy atom. The Morgan fingerprint density at radius 1 is 1.50 bits per heavy atom. The van der Waals surface area contributed by atoms with Gasteiger partial charge in [0.1, 0.15) is 0 Å². The summed E-state index contributed by atoms with van der Waals surface area (Å²) in [4.78, 5) is 0. The zero-order chi connectivity index (χ0) is 10.4. The lowest BCUT2D eigenvalue weighted by atomic mass is 10.2. The minimum absolute atomic E-state index is 0.0120. The van der Waals surface area contributed by atoms with Crippen LogP contribution in [0, 0.1) is 0 Å². The van der Waals surface area contributed by atoms with E-state index in [2.05, 4.69) is 5.32 Å². The Balaban J connectivity index is 2.59. The Labute approximate surface area is 88.7 Å². The van der Waals surface area contributed by atoms with Gasteiger partial charge in [0.15, 0.2) is 0 Å². The van der Waals surface area contributed by atoms with Crippen molar-refractivity contribution in [1.29, 1.82) is 0 Å². The maximum Gasteiger partial charge on any atom is 0.0682 e. The van der Waals surface area contributed by atoms with Gasteiger partial charge in [-0.1, -0.05) is 17.7 Å². The summed E-state index contributed by atoms with van der Waals surface area (Å²) in [6, 6.07) is 5.43. The topological polar surface area (TPSA) is 41.5 Å². The molecule has 0 heterocycles. The molecule has 1 aromatic rings. The van der Waals surface area contributed by atoms with Crippen molar-refractivity contribution in [3.05, 3.63) is 28.8 Å². The standard InChI is InChI=1S/C10H14ClNO2/c1-14-5-4-12-10-3-2-8(7-13)6-9(10)11/h2-3,6,12-13H,4-5,7H2,1H3. The molecule has 0 amide bonds. The second-order valence-corrected chi connectivity index (χ2v) is 3.30. The van der Waals surface area contributed by atoms with Crippen molar-refractivity contribution in [2.75, 3.05) is 25.6 Å². The fraction of sp³-hybridized carbons (Fsp3) is 0.400. The molecule has 3 nitrogen and oxygen atoms in total. The first-order chi connectivity index (χ1) is 6.77. The highest BCUT2D eigenvalue weighted by Gasteiger charge is 2.00. The fourth-order valence-corrected chi connectivity index (χ4v) is 1.36. The van der Waals surface area contributed by atoms with Crippen molar-refractivity contribution in [2.45, 2.75) is 6.61 Å². The van der Waals surface area contributed by atoms with Crippen molar-refractivity contribution >= 4 is 17.3 Å². The molecule has 78 valence electrons. The molecule has 0 aliphatic carbocycles.